The minimum atomic E-state index is 0.133. The SMILES string of the molecule is CC1(C)CCCN1c1ccc(C(=N)N)c2ccccc12. The van der Waals surface area contributed by atoms with Gasteiger partial charge < -0.3 is 10.6 Å². The lowest BCUT2D eigenvalue weighted by molar-refractivity contribution is 0.519. The number of rotatable bonds is 2. The van der Waals surface area contributed by atoms with Gasteiger partial charge in [-0.2, -0.15) is 0 Å². The molecule has 3 rings (SSSR count). The van der Waals surface area contributed by atoms with Crippen LogP contribution in [0.4, 0.5) is 5.69 Å². The first-order valence-corrected chi connectivity index (χ1v) is 7.14. The van der Waals surface area contributed by atoms with Gasteiger partial charge >= 0.3 is 0 Å². The normalized spacial score (nSPS) is 17.6. The largest absolute Gasteiger partial charge is 0.384 e. The first-order chi connectivity index (χ1) is 9.50. The number of anilines is 1. The van der Waals surface area contributed by atoms with E-state index in [2.05, 4.69) is 43.0 Å². The summed E-state index contributed by atoms with van der Waals surface area (Å²) in [4.78, 5) is 2.49. The molecule has 20 heavy (non-hydrogen) atoms. The molecule has 2 aromatic carbocycles. The molecule has 1 aliphatic heterocycles. The molecule has 1 heterocycles. The van der Waals surface area contributed by atoms with E-state index in [-0.39, 0.29) is 11.4 Å². The van der Waals surface area contributed by atoms with E-state index in [1.54, 1.807) is 0 Å². The van der Waals surface area contributed by atoms with Crippen LogP contribution in [0, 0.1) is 5.41 Å². The van der Waals surface area contributed by atoms with Gasteiger partial charge in [0.1, 0.15) is 5.84 Å². The van der Waals surface area contributed by atoms with Crippen molar-refractivity contribution in [3.8, 4) is 0 Å². The quantitative estimate of drug-likeness (QED) is 0.646. The number of fused-ring (bicyclic) bond motifs is 1. The highest BCUT2D eigenvalue weighted by molar-refractivity contribution is 6.10. The summed E-state index contributed by atoms with van der Waals surface area (Å²) in [5.41, 5.74) is 7.98. The Bertz CT molecular complexity index is 673. The van der Waals surface area contributed by atoms with Gasteiger partial charge in [0.05, 0.1) is 0 Å². The summed E-state index contributed by atoms with van der Waals surface area (Å²) in [5.74, 6) is 0.133. The van der Waals surface area contributed by atoms with Crippen LogP contribution in [0.15, 0.2) is 36.4 Å². The molecule has 0 atom stereocenters. The van der Waals surface area contributed by atoms with E-state index in [0.717, 1.165) is 17.5 Å². The van der Waals surface area contributed by atoms with Gasteiger partial charge in [0.2, 0.25) is 0 Å². The van der Waals surface area contributed by atoms with E-state index in [9.17, 15) is 0 Å². The number of amidine groups is 1. The zero-order valence-corrected chi connectivity index (χ0v) is 12.1. The van der Waals surface area contributed by atoms with E-state index < -0.39 is 0 Å². The lowest BCUT2D eigenvalue weighted by Crippen LogP contribution is -2.38. The summed E-state index contributed by atoms with van der Waals surface area (Å²) in [5, 5.41) is 10.00. The van der Waals surface area contributed by atoms with Crippen molar-refractivity contribution >= 4 is 22.3 Å². The molecule has 1 fully saturated rings. The van der Waals surface area contributed by atoms with Gasteiger partial charge in [0, 0.05) is 28.7 Å². The highest BCUT2D eigenvalue weighted by Gasteiger charge is 2.32. The second-order valence-corrected chi connectivity index (χ2v) is 6.16. The molecule has 3 heteroatoms. The smallest absolute Gasteiger partial charge is 0.123 e. The third-order valence-electron chi connectivity index (χ3n) is 4.38. The molecular formula is C17H21N3. The van der Waals surface area contributed by atoms with Gasteiger partial charge in [-0.3, -0.25) is 5.41 Å². The molecule has 1 aliphatic rings. The van der Waals surface area contributed by atoms with Gasteiger partial charge in [-0.25, -0.2) is 0 Å². The van der Waals surface area contributed by atoms with Gasteiger partial charge in [-0.05, 0) is 44.2 Å². The van der Waals surface area contributed by atoms with Crippen molar-refractivity contribution in [1.29, 1.82) is 5.41 Å². The van der Waals surface area contributed by atoms with E-state index in [1.165, 1.54) is 23.9 Å². The minimum Gasteiger partial charge on any atom is -0.384 e. The molecule has 0 aliphatic carbocycles. The summed E-state index contributed by atoms with van der Waals surface area (Å²) in [6, 6.07) is 12.3. The molecule has 0 unspecified atom stereocenters. The first kappa shape index (κ1) is 13.0. The number of nitrogens with zero attached hydrogens (tertiary/aromatic N) is 1. The van der Waals surface area contributed by atoms with Crippen LogP contribution >= 0.6 is 0 Å². The Morgan fingerprint density at radius 2 is 1.85 bits per heavy atom. The Morgan fingerprint density at radius 3 is 2.45 bits per heavy atom. The lowest BCUT2D eigenvalue weighted by Gasteiger charge is -2.34. The fraction of sp³-hybridized carbons (Fsp3) is 0.353. The van der Waals surface area contributed by atoms with Crippen LogP contribution in [0.5, 0.6) is 0 Å². The highest BCUT2D eigenvalue weighted by atomic mass is 15.2. The Hall–Kier alpha value is -2.03. The molecule has 104 valence electrons. The second-order valence-electron chi connectivity index (χ2n) is 6.16. The van der Waals surface area contributed by atoms with Crippen LogP contribution in [-0.4, -0.2) is 17.9 Å². The third kappa shape index (κ3) is 1.94. The first-order valence-electron chi connectivity index (χ1n) is 7.14. The summed E-state index contributed by atoms with van der Waals surface area (Å²) in [6.07, 6.45) is 2.45. The number of nitrogens with two attached hydrogens (primary N) is 1. The summed E-state index contributed by atoms with van der Waals surface area (Å²) in [6.45, 7) is 5.69. The van der Waals surface area contributed by atoms with Gasteiger partial charge in [-0.15, -0.1) is 0 Å². The average molecular weight is 267 g/mol. The molecule has 3 N–H and O–H groups in total. The van der Waals surface area contributed by atoms with Crippen LogP contribution < -0.4 is 10.6 Å². The number of hydrogen-bond acceptors (Lipinski definition) is 2. The number of benzene rings is 2. The monoisotopic (exact) mass is 267 g/mol. The van der Waals surface area contributed by atoms with Gasteiger partial charge in [0.15, 0.2) is 0 Å². The van der Waals surface area contributed by atoms with Gasteiger partial charge in [-0.1, -0.05) is 24.3 Å². The zero-order chi connectivity index (χ0) is 14.3. The van der Waals surface area contributed by atoms with Crippen LogP contribution in [-0.2, 0) is 0 Å². The van der Waals surface area contributed by atoms with Crippen LogP contribution in [0.3, 0.4) is 0 Å². The third-order valence-corrected chi connectivity index (χ3v) is 4.38. The highest BCUT2D eigenvalue weighted by Crippen LogP contribution is 2.38. The van der Waals surface area contributed by atoms with Crippen LogP contribution in [0.2, 0.25) is 0 Å². The standard InChI is InChI=1S/C17H21N3/c1-17(2)10-5-11-20(17)15-9-8-14(16(18)19)12-6-3-4-7-13(12)15/h3-4,6-9H,5,10-11H2,1-2H3,(H3,18,19). The van der Waals surface area contributed by atoms with Crippen molar-refractivity contribution in [2.75, 3.05) is 11.4 Å². The number of nitrogen functional groups attached to an aromatic ring is 1. The Labute approximate surface area is 119 Å². The molecule has 0 bridgehead atoms. The number of hydrogen-bond donors (Lipinski definition) is 2. The van der Waals surface area contributed by atoms with Gasteiger partial charge in [0.25, 0.3) is 0 Å². The van der Waals surface area contributed by atoms with Crippen LogP contribution in [0.25, 0.3) is 10.8 Å². The van der Waals surface area contributed by atoms with Crippen LogP contribution in [0.1, 0.15) is 32.3 Å². The molecule has 3 nitrogen and oxygen atoms in total. The molecule has 2 aromatic rings. The van der Waals surface area contributed by atoms with E-state index in [0.29, 0.717) is 0 Å². The minimum absolute atomic E-state index is 0.133. The van der Waals surface area contributed by atoms with E-state index >= 15 is 0 Å². The van der Waals surface area contributed by atoms with Crippen molar-refractivity contribution in [3.05, 3.63) is 42.0 Å². The molecule has 0 aromatic heterocycles. The predicted octanol–water partition coefficient (Wildman–Crippen LogP) is 3.50. The lowest BCUT2D eigenvalue weighted by atomic mass is 9.98. The van der Waals surface area contributed by atoms with Crippen molar-refractivity contribution in [3.63, 3.8) is 0 Å². The van der Waals surface area contributed by atoms with Crippen molar-refractivity contribution < 1.29 is 0 Å². The predicted molar refractivity (Wildman–Crippen MR) is 85.6 cm³/mol. The Morgan fingerprint density at radius 1 is 1.15 bits per heavy atom. The van der Waals surface area contributed by atoms with Crippen molar-refractivity contribution in [2.24, 2.45) is 5.73 Å². The fourth-order valence-electron chi connectivity index (χ4n) is 3.31. The zero-order valence-electron chi connectivity index (χ0n) is 12.1. The maximum absolute atomic E-state index is 7.74. The summed E-state index contributed by atoms with van der Waals surface area (Å²) in [7, 11) is 0. The molecule has 0 spiro atoms. The van der Waals surface area contributed by atoms with Crippen molar-refractivity contribution in [1.82, 2.24) is 0 Å². The Kier molecular flexibility index (Phi) is 2.93. The Balaban J connectivity index is 2.23. The summed E-state index contributed by atoms with van der Waals surface area (Å²) < 4.78 is 0. The summed E-state index contributed by atoms with van der Waals surface area (Å²) >= 11 is 0. The molecular weight excluding hydrogens is 246 g/mol. The molecule has 1 saturated heterocycles. The fourth-order valence-corrected chi connectivity index (χ4v) is 3.31. The molecule has 0 amide bonds. The van der Waals surface area contributed by atoms with E-state index in [1.807, 2.05) is 12.1 Å². The molecule has 0 radical (unpaired) electrons. The number of nitrogens with one attached hydrogen (secondary N) is 1. The molecule has 0 saturated carbocycles. The average Bonchev–Trinajstić information content (AvgIpc) is 2.76. The van der Waals surface area contributed by atoms with E-state index in [4.69, 9.17) is 11.1 Å². The second kappa shape index (κ2) is 4.51. The maximum Gasteiger partial charge on any atom is 0.123 e. The van der Waals surface area contributed by atoms with Crippen molar-refractivity contribution in [2.45, 2.75) is 32.2 Å². The topological polar surface area (TPSA) is 53.1 Å². The maximum atomic E-state index is 7.74.